The van der Waals surface area contributed by atoms with E-state index in [0.717, 1.165) is 0 Å². The van der Waals surface area contributed by atoms with E-state index in [1.807, 2.05) is 21.3 Å². The molecule has 75 heavy (non-hydrogen) atoms. The van der Waals surface area contributed by atoms with Crippen LogP contribution in [0.2, 0.25) is 0 Å². The Labute approximate surface area is 437 Å². The van der Waals surface area contributed by atoms with E-state index in [2.05, 4.69) is 33.9 Å². The molecule has 33 heteroatoms. The van der Waals surface area contributed by atoms with E-state index in [9.17, 15) is 97.5 Å². The lowest BCUT2D eigenvalue weighted by atomic mass is 10.0. The highest BCUT2D eigenvalue weighted by atomic mass is 32.2. The number of hydrogen-bond acceptors (Lipinski definition) is 18. The molecule has 0 saturated carbocycles. The van der Waals surface area contributed by atoms with Crippen LogP contribution in [-0.4, -0.2) is 192 Å². The Bertz CT molecular complexity index is 2100. The van der Waals surface area contributed by atoms with E-state index in [4.69, 9.17) is 16.6 Å². The van der Waals surface area contributed by atoms with Gasteiger partial charge in [0, 0.05) is 31.4 Å². The van der Waals surface area contributed by atoms with Crippen molar-refractivity contribution in [2.75, 3.05) is 17.8 Å². The largest absolute Gasteiger partial charge is 0.481 e. The monoisotopic (exact) mass is 1110 g/mol. The highest BCUT2D eigenvalue weighted by molar-refractivity contribution is 7.98. The lowest BCUT2D eigenvalue weighted by Gasteiger charge is -2.28. The van der Waals surface area contributed by atoms with Crippen molar-refractivity contribution in [3.05, 3.63) is 0 Å². The van der Waals surface area contributed by atoms with Crippen LogP contribution in [0.4, 0.5) is 0 Å². The van der Waals surface area contributed by atoms with Crippen LogP contribution in [0.1, 0.15) is 90.9 Å². The minimum absolute atomic E-state index is 0.173. The summed E-state index contributed by atoms with van der Waals surface area (Å²) in [5.74, 6) is -20.8. The standard InChI is InChI=1S/C42H66N10O21S2/c1-18(2)14-24(49-37(67)22(6-10-30(56)57)46-35(65)21(5-9-29(54)55)45-34(64)19(43)12-13-75-3)38(68)47-20(4-8-28(44)53)36(66)50-25(15-32(60)61)39(69)51-26(16-33(62)63)40(70)52-27(17-74)41(71)48-23(42(72)73)7-11-31(58)59/h18-27,74H,4-17,43H2,1-3H3,(H2,44,53)(H,45,64)(H,46,65)(H,47,68)(H,48,71)(H,49,67)(H,50,66)(H,51,69)(H,52,70)(H,54,55)(H,56,57)(H,58,59)(H,60,61)(H,62,63)(H,72,73)/t19-,20-,21-,22-,23-,24-,25-,26-,27-/m0/s1. The summed E-state index contributed by atoms with van der Waals surface area (Å²) < 4.78 is 0. The molecule has 422 valence electrons. The molecule has 0 heterocycles. The van der Waals surface area contributed by atoms with E-state index < -0.39 is 219 Å². The summed E-state index contributed by atoms with van der Waals surface area (Å²) in [6.07, 6.45) is -5.88. The van der Waals surface area contributed by atoms with Crippen molar-refractivity contribution in [1.82, 2.24) is 42.5 Å². The van der Waals surface area contributed by atoms with Gasteiger partial charge in [-0.1, -0.05) is 13.8 Å². The van der Waals surface area contributed by atoms with Gasteiger partial charge in [-0.15, -0.1) is 0 Å². The third-order valence-electron chi connectivity index (χ3n) is 10.3. The molecule has 0 spiro atoms. The van der Waals surface area contributed by atoms with Gasteiger partial charge in [0.15, 0.2) is 0 Å². The van der Waals surface area contributed by atoms with Crippen molar-refractivity contribution in [1.29, 1.82) is 0 Å². The minimum Gasteiger partial charge on any atom is -0.481 e. The molecule has 0 bridgehead atoms. The zero-order valence-electron chi connectivity index (χ0n) is 41.0. The lowest BCUT2D eigenvalue weighted by molar-refractivity contribution is -0.144. The Morgan fingerprint density at radius 1 is 0.427 bits per heavy atom. The highest BCUT2D eigenvalue weighted by Gasteiger charge is 2.36. The van der Waals surface area contributed by atoms with Crippen LogP contribution in [-0.2, 0) is 71.9 Å². The topological polar surface area (TPSA) is 526 Å². The normalized spacial score (nSPS) is 14.5. The molecule has 0 aromatic rings. The van der Waals surface area contributed by atoms with Crippen LogP contribution in [0.15, 0.2) is 0 Å². The van der Waals surface area contributed by atoms with E-state index in [-0.39, 0.29) is 12.8 Å². The Kier molecular flexibility index (Phi) is 31.6. The van der Waals surface area contributed by atoms with Crippen LogP contribution < -0.4 is 54.0 Å². The van der Waals surface area contributed by atoms with Crippen molar-refractivity contribution in [3.8, 4) is 0 Å². The Morgan fingerprint density at radius 3 is 1.08 bits per heavy atom. The van der Waals surface area contributed by atoms with Gasteiger partial charge in [0.25, 0.3) is 0 Å². The predicted octanol–water partition coefficient (Wildman–Crippen LogP) is -5.19. The van der Waals surface area contributed by atoms with Crippen LogP contribution in [0.25, 0.3) is 0 Å². The second-order valence-corrected chi connectivity index (χ2v) is 18.4. The average Bonchev–Trinajstić information content (AvgIpc) is 3.30. The second kappa shape index (κ2) is 35.0. The van der Waals surface area contributed by atoms with E-state index in [1.54, 1.807) is 20.1 Å². The quantitative estimate of drug-likeness (QED) is 0.0256. The van der Waals surface area contributed by atoms with Crippen molar-refractivity contribution >= 4 is 113 Å². The molecule has 0 aliphatic rings. The zero-order valence-corrected chi connectivity index (χ0v) is 42.7. The molecule has 0 aromatic heterocycles. The van der Waals surface area contributed by atoms with Crippen molar-refractivity contribution in [2.45, 2.75) is 145 Å². The maximum atomic E-state index is 14.0. The SMILES string of the molecule is CSCC[C@H](N)C(=O)N[C@@H](CCC(=O)O)C(=O)N[C@@H](CCC(=O)O)C(=O)N[C@@H](CC(C)C)C(=O)N[C@@H](CCC(N)=O)C(=O)N[C@@H](CC(=O)O)C(=O)N[C@@H](CC(=O)O)C(=O)N[C@@H](CS)C(=O)N[C@@H](CCC(=O)O)C(=O)O. The molecule has 18 N–H and O–H groups in total. The molecule has 31 nitrogen and oxygen atoms in total. The van der Waals surface area contributed by atoms with Crippen LogP contribution in [0.3, 0.4) is 0 Å². The molecular weight excluding hydrogens is 1040 g/mol. The zero-order chi connectivity index (χ0) is 57.7. The number of carboxylic acids is 6. The number of carboxylic acid groups (broad SMARTS) is 6. The van der Waals surface area contributed by atoms with Gasteiger partial charge >= 0.3 is 35.8 Å². The van der Waals surface area contributed by atoms with Crippen molar-refractivity contribution in [3.63, 3.8) is 0 Å². The number of carbonyl (C=O) groups is 15. The fourth-order valence-corrected chi connectivity index (χ4v) is 7.13. The summed E-state index contributed by atoms with van der Waals surface area (Å²) in [6.45, 7) is 3.18. The first-order valence-corrected chi connectivity index (χ1v) is 24.8. The smallest absolute Gasteiger partial charge is 0.326 e. The van der Waals surface area contributed by atoms with Gasteiger partial charge in [-0.05, 0) is 56.5 Å². The van der Waals surface area contributed by atoms with Gasteiger partial charge in [-0.25, -0.2) is 4.79 Å². The fraction of sp³-hybridized carbons (Fsp3) is 0.643. The second-order valence-electron chi connectivity index (χ2n) is 17.0. The molecule has 9 atom stereocenters. The number of primary amides is 1. The Hall–Kier alpha value is -7.29. The number of hydrogen-bond donors (Lipinski definition) is 17. The number of aliphatic carboxylic acids is 6. The van der Waals surface area contributed by atoms with Crippen molar-refractivity contribution in [2.24, 2.45) is 17.4 Å². The maximum Gasteiger partial charge on any atom is 0.326 e. The van der Waals surface area contributed by atoms with Crippen LogP contribution in [0.5, 0.6) is 0 Å². The minimum atomic E-state index is -2.19. The number of carbonyl (C=O) groups excluding carboxylic acids is 9. The van der Waals surface area contributed by atoms with Gasteiger partial charge in [0.1, 0.15) is 48.3 Å². The van der Waals surface area contributed by atoms with Gasteiger partial charge in [-0.3, -0.25) is 67.1 Å². The highest BCUT2D eigenvalue weighted by Crippen LogP contribution is 2.11. The lowest BCUT2D eigenvalue weighted by Crippen LogP contribution is -2.61. The number of nitrogens with one attached hydrogen (secondary N) is 8. The molecule has 0 saturated heterocycles. The number of nitrogens with two attached hydrogens (primary N) is 2. The summed E-state index contributed by atoms with van der Waals surface area (Å²) in [5.41, 5.74) is 11.2. The van der Waals surface area contributed by atoms with E-state index >= 15 is 0 Å². The van der Waals surface area contributed by atoms with Gasteiger partial charge < -0.3 is 84.6 Å². The molecule has 0 aliphatic heterocycles. The Balaban J connectivity index is 6.75. The maximum absolute atomic E-state index is 14.0. The number of rotatable bonds is 39. The molecule has 0 aromatic carbocycles. The molecule has 9 amide bonds. The fourth-order valence-electron chi connectivity index (χ4n) is 6.38. The van der Waals surface area contributed by atoms with E-state index in [0.29, 0.717) is 5.75 Å². The van der Waals surface area contributed by atoms with Crippen LogP contribution >= 0.6 is 24.4 Å². The molecule has 0 rings (SSSR count). The predicted molar refractivity (Wildman–Crippen MR) is 261 cm³/mol. The molecular formula is C42H66N10O21S2. The third kappa shape index (κ3) is 28.7. The number of amides is 9. The van der Waals surface area contributed by atoms with Gasteiger partial charge in [0.2, 0.25) is 53.2 Å². The first-order chi connectivity index (χ1) is 34.9. The van der Waals surface area contributed by atoms with Gasteiger partial charge in [0.05, 0.1) is 18.9 Å². The van der Waals surface area contributed by atoms with Gasteiger partial charge in [-0.2, -0.15) is 24.4 Å². The number of thioether (sulfide) groups is 1. The van der Waals surface area contributed by atoms with E-state index in [1.165, 1.54) is 11.8 Å². The number of thiol groups is 1. The summed E-state index contributed by atoms with van der Waals surface area (Å²) >= 11 is 5.29. The molecule has 0 unspecified atom stereocenters. The molecule has 0 fully saturated rings. The van der Waals surface area contributed by atoms with Crippen LogP contribution in [0, 0.1) is 5.92 Å². The summed E-state index contributed by atoms with van der Waals surface area (Å²) in [4.78, 5) is 189. The first kappa shape index (κ1) is 67.7. The Morgan fingerprint density at radius 2 is 0.733 bits per heavy atom. The first-order valence-electron chi connectivity index (χ1n) is 22.8. The summed E-state index contributed by atoms with van der Waals surface area (Å²) in [6, 6.07) is -15.8. The summed E-state index contributed by atoms with van der Waals surface area (Å²) in [5, 5.41) is 73.4. The summed E-state index contributed by atoms with van der Waals surface area (Å²) in [7, 11) is 0. The average molecular weight is 1110 g/mol. The molecule has 0 aliphatic carbocycles. The third-order valence-corrected chi connectivity index (χ3v) is 11.3. The van der Waals surface area contributed by atoms with Crippen molar-refractivity contribution < 1.29 is 103 Å². The molecule has 0 radical (unpaired) electrons.